The summed E-state index contributed by atoms with van der Waals surface area (Å²) in [5, 5.41) is 5.46. The van der Waals surface area contributed by atoms with Gasteiger partial charge in [0, 0.05) is 17.7 Å². The molecular weight excluding hydrogens is 318 g/mol. The number of Topliss-reactive ketones (excluding diaryl/α,β-unsaturated/α-hetero) is 1. The lowest BCUT2D eigenvalue weighted by atomic mass is 9.73. The summed E-state index contributed by atoms with van der Waals surface area (Å²) in [5.74, 6) is 0.00553. The average molecular weight is 336 g/mol. The van der Waals surface area contributed by atoms with Gasteiger partial charge in [-0.1, -0.05) is 26.0 Å². The van der Waals surface area contributed by atoms with Crippen LogP contribution >= 0.6 is 0 Å². The molecule has 3 rings (SSSR count). The van der Waals surface area contributed by atoms with Crippen molar-refractivity contribution < 1.29 is 23.1 Å². The smallest absolute Gasteiger partial charge is 0.387 e. The first-order chi connectivity index (χ1) is 11.2. The van der Waals surface area contributed by atoms with Crippen LogP contribution in [0.15, 0.2) is 35.5 Å². The standard InChI is InChI=1S/C17H18F2N2O3/c1-17(2)7-11-13(12(22)8-17)14(21-16(23)20-11)9-3-5-10(6-4-9)24-15(18)19/h3-6,14-15H,7-8H2,1-2H3,(H2,20,21,23)/t14-/m0/s1. The number of allylic oxidation sites excluding steroid dienone is 1. The SMILES string of the molecule is CC1(C)CC(=O)C2=C(C1)NC(=O)N[C@H]2c1ccc(OC(F)F)cc1. The van der Waals surface area contributed by atoms with E-state index in [1.165, 1.54) is 12.1 Å². The van der Waals surface area contributed by atoms with E-state index in [-0.39, 0.29) is 23.0 Å². The third kappa shape index (κ3) is 3.25. The van der Waals surface area contributed by atoms with E-state index in [0.29, 0.717) is 29.7 Å². The molecule has 0 aromatic heterocycles. The first-order valence-corrected chi connectivity index (χ1v) is 7.64. The maximum Gasteiger partial charge on any atom is 0.387 e. The summed E-state index contributed by atoms with van der Waals surface area (Å²) in [6, 6.07) is 4.98. The molecule has 0 saturated carbocycles. The van der Waals surface area contributed by atoms with Crippen LogP contribution in [0.1, 0.15) is 38.3 Å². The third-order valence-electron chi connectivity index (χ3n) is 4.19. The fourth-order valence-corrected chi connectivity index (χ4v) is 3.25. The summed E-state index contributed by atoms with van der Waals surface area (Å²) in [7, 11) is 0. The van der Waals surface area contributed by atoms with Crippen LogP contribution in [-0.2, 0) is 4.79 Å². The lowest BCUT2D eigenvalue weighted by Crippen LogP contribution is -2.48. The van der Waals surface area contributed by atoms with Crippen LogP contribution in [0.4, 0.5) is 13.6 Å². The van der Waals surface area contributed by atoms with Crippen molar-refractivity contribution in [3.05, 3.63) is 41.1 Å². The molecule has 0 fully saturated rings. The van der Waals surface area contributed by atoms with Gasteiger partial charge >= 0.3 is 12.6 Å². The molecule has 0 unspecified atom stereocenters. The molecule has 1 heterocycles. The minimum Gasteiger partial charge on any atom is -0.435 e. The van der Waals surface area contributed by atoms with E-state index >= 15 is 0 Å². The van der Waals surface area contributed by atoms with Crippen LogP contribution in [0.2, 0.25) is 0 Å². The van der Waals surface area contributed by atoms with Crippen molar-refractivity contribution in [2.75, 3.05) is 0 Å². The zero-order valence-electron chi connectivity index (χ0n) is 13.4. The number of hydrogen-bond donors (Lipinski definition) is 2. The van der Waals surface area contributed by atoms with Crippen LogP contribution < -0.4 is 15.4 Å². The molecule has 24 heavy (non-hydrogen) atoms. The summed E-state index contributed by atoms with van der Waals surface area (Å²) in [6.07, 6.45) is 0.997. The Labute approximate surface area is 138 Å². The largest absolute Gasteiger partial charge is 0.435 e. The summed E-state index contributed by atoms with van der Waals surface area (Å²) in [6.45, 7) is 1.06. The Kier molecular flexibility index (Phi) is 4.03. The molecule has 1 aromatic carbocycles. The number of ketones is 1. The molecule has 2 amide bonds. The Morgan fingerprint density at radius 2 is 1.83 bits per heavy atom. The summed E-state index contributed by atoms with van der Waals surface area (Å²) >= 11 is 0. The number of halogens is 2. The predicted molar refractivity (Wildman–Crippen MR) is 82.5 cm³/mol. The number of carbonyl (C=O) groups excluding carboxylic acids is 2. The molecule has 5 nitrogen and oxygen atoms in total. The molecule has 0 saturated heterocycles. The molecule has 2 aliphatic rings. The van der Waals surface area contributed by atoms with Gasteiger partial charge in [-0.05, 0) is 29.5 Å². The molecule has 1 atom stereocenters. The molecular formula is C17H18F2N2O3. The van der Waals surface area contributed by atoms with Gasteiger partial charge in [-0.3, -0.25) is 4.79 Å². The van der Waals surface area contributed by atoms with Crippen LogP contribution in [0.3, 0.4) is 0 Å². The number of rotatable bonds is 3. The summed E-state index contributed by atoms with van der Waals surface area (Å²) in [4.78, 5) is 24.5. The van der Waals surface area contributed by atoms with Gasteiger partial charge < -0.3 is 15.4 Å². The molecule has 7 heteroatoms. The molecule has 1 aromatic rings. The number of ether oxygens (including phenoxy) is 1. The van der Waals surface area contributed by atoms with E-state index in [1.807, 2.05) is 13.8 Å². The van der Waals surface area contributed by atoms with E-state index in [2.05, 4.69) is 15.4 Å². The maximum absolute atomic E-state index is 12.6. The monoisotopic (exact) mass is 336 g/mol. The van der Waals surface area contributed by atoms with Gasteiger partial charge in [-0.2, -0.15) is 8.78 Å². The van der Waals surface area contributed by atoms with Crippen LogP contribution in [0, 0.1) is 5.41 Å². The molecule has 0 bridgehead atoms. The number of urea groups is 1. The number of amides is 2. The molecule has 2 N–H and O–H groups in total. The van der Waals surface area contributed by atoms with E-state index < -0.39 is 12.7 Å². The van der Waals surface area contributed by atoms with Gasteiger partial charge in [0.2, 0.25) is 0 Å². The van der Waals surface area contributed by atoms with Gasteiger partial charge in [0.15, 0.2) is 5.78 Å². The highest BCUT2D eigenvalue weighted by Crippen LogP contribution is 2.41. The van der Waals surface area contributed by atoms with Crippen LogP contribution in [0.25, 0.3) is 0 Å². The van der Waals surface area contributed by atoms with Crippen LogP contribution in [0.5, 0.6) is 5.75 Å². The number of carbonyl (C=O) groups is 2. The highest BCUT2D eigenvalue weighted by Gasteiger charge is 2.40. The molecule has 0 radical (unpaired) electrons. The Hall–Kier alpha value is -2.44. The second-order valence-electron chi connectivity index (χ2n) is 6.81. The first-order valence-electron chi connectivity index (χ1n) is 7.64. The van der Waals surface area contributed by atoms with E-state index in [0.717, 1.165) is 0 Å². The van der Waals surface area contributed by atoms with Gasteiger partial charge in [-0.15, -0.1) is 0 Å². The summed E-state index contributed by atoms with van der Waals surface area (Å²) < 4.78 is 28.8. The topological polar surface area (TPSA) is 67.4 Å². The third-order valence-corrected chi connectivity index (χ3v) is 4.19. The fourth-order valence-electron chi connectivity index (χ4n) is 3.25. The number of benzene rings is 1. The van der Waals surface area contributed by atoms with Crippen molar-refractivity contribution in [3.63, 3.8) is 0 Å². The van der Waals surface area contributed by atoms with Crippen LogP contribution in [-0.4, -0.2) is 18.4 Å². The minimum absolute atomic E-state index is 0.0216. The highest BCUT2D eigenvalue weighted by atomic mass is 19.3. The van der Waals surface area contributed by atoms with E-state index in [9.17, 15) is 18.4 Å². The van der Waals surface area contributed by atoms with Crippen molar-refractivity contribution >= 4 is 11.8 Å². The van der Waals surface area contributed by atoms with Crippen molar-refractivity contribution in [2.24, 2.45) is 5.41 Å². The molecule has 0 spiro atoms. The van der Waals surface area contributed by atoms with E-state index in [4.69, 9.17) is 0 Å². The second kappa shape index (κ2) is 5.89. The zero-order chi connectivity index (χ0) is 17.5. The molecule has 1 aliphatic heterocycles. The Morgan fingerprint density at radius 1 is 1.17 bits per heavy atom. The Bertz CT molecular complexity index is 711. The lowest BCUT2D eigenvalue weighted by Gasteiger charge is -2.38. The number of hydrogen-bond acceptors (Lipinski definition) is 3. The molecule has 128 valence electrons. The minimum atomic E-state index is -2.90. The van der Waals surface area contributed by atoms with Gasteiger partial charge in [-0.25, -0.2) is 4.79 Å². The van der Waals surface area contributed by atoms with Crippen molar-refractivity contribution in [1.29, 1.82) is 0 Å². The maximum atomic E-state index is 12.6. The van der Waals surface area contributed by atoms with Gasteiger partial charge in [0.1, 0.15) is 5.75 Å². The lowest BCUT2D eigenvalue weighted by molar-refractivity contribution is -0.118. The summed E-state index contributed by atoms with van der Waals surface area (Å²) in [5.41, 5.74) is 1.61. The zero-order valence-corrected chi connectivity index (χ0v) is 13.4. The first kappa shape index (κ1) is 16.4. The van der Waals surface area contributed by atoms with Gasteiger partial charge in [0.05, 0.1) is 6.04 Å². The second-order valence-corrected chi connectivity index (χ2v) is 6.81. The van der Waals surface area contributed by atoms with Crippen molar-refractivity contribution in [2.45, 2.75) is 39.3 Å². The van der Waals surface area contributed by atoms with Crippen molar-refractivity contribution in [1.82, 2.24) is 10.6 Å². The number of nitrogens with one attached hydrogen (secondary N) is 2. The quantitative estimate of drug-likeness (QED) is 0.890. The van der Waals surface area contributed by atoms with E-state index in [1.54, 1.807) is 12.1 Å². The average Bonchev–Trinajstić information content (AvgIpc) is 2.44. The fraction of sp³-hybridized carbons (Fsp3) is 0.412. The Balaban J connectivity index is 1.94. The van der Waals surface area contributed by atoms with Gasteiger partial charge in [0.25, 0.3) is 0 Å². The normalized spacial score (nSPS) is 22.8. The number of alkyl halides is 2. The van der Waals surface area contributed by atoms with Crippen molar-refractivity contribution in [3.8, 4) is 5.75 Å². The molecule has 1 aliphatic carbocycles. The highest BCUT2D eigenvalue weighted by molar-refractivity contribution is 6.01. The predicted octanol–water partition coefficient (Wildman–Crippen LogP) is 3.29. The Morgan fingerprint density at radius 3 is 2.46 bits per heavy atom.